The van der Waals surface area contributed by atoms with Gasteiger partial charge in [0.1, 0.15) is 5.82 Å². The molecule has 4 heteroatoms. The predicted octanol–water partition coefficient (Wildman–Crippen LogP) is 2.92. The molecular weight excluding hydrogens is 272 g/mol. The van der Waals surface area contributed by atoms with Crippen LogP contribution in [0.3, 0.4) is 0 Å². The number of nitrogens with two attached hydrogens (primary N) is 1. The number of benzene rings is 1. The van der Waals surface area contributed by atoms with Crippen LogP contribution in [0.15, 0.2) is 30.5 Å². The minimum absolute atomic E-state index is 0.732. The molecular formula is C18H24N4. The van der Waals surface area contributed by atoms with Gasteiger partial charge in [-0.25, -0.2) is 4.98 Å². The highest BCUT2D eigenvalue weighted by molar-refractivity contribution is 5.58. The van der Waals surface area contributed by atoms with Crippen LogP contribution in [0.2, 0.25) is 0 Å². The molecule has 2 heterocycles. The molecule has 0 atom stereocenters. The molecule has 3 rings (SSSR count). The number of aryl methyl sites for hydroxylation is 2. The number of hydrogen-bond acceptors (Lipinski definition) is 4. The zero-order valence-electron chi connectivity index (χ0n) is 13.6. The summed E-state index contributed by atoms with van der Waals surface area (Å²) in [4.78, 5) is 9.35. The zero-order valence-corrected chi connectivity index (χ0v) is 13.6. The molecule has 1 fully saturated rings. The number of aromatic nitrogens is 1. The summed E-state index contributed by atoms with van der Waals surface area (Å²) in [6, 6.07) is 8.55. The highest BCUT2D eigenvalue weighted by Crippen LogP contribution is 2.26. The standard InChI is InChI=1S/C18H24N4/c1-13-5-4-6-17(15(13)3)21-7-9-22(10-8-21)18-14(2)11-16(19)12-20-18/h4-6,11-12H,7-10,19H2,1-3H3. The third-order valence-corrected chi connectivity index (χ3v) is 4.57. The number of piperazine rings is 1. The van der Waals surface area contributed by atoms with E-state index in [4.69, 9.17) is 5.73 Å². The van der Waals surface area contributed by atoms with Gasteiger partial charge in [-0.05, 0) is 49.6 Å². The van der Waals surface area contributed by atoms with Gasteiger partial charge in [0.15, 0.2) is 0 Å². The Hall–Kier alpha value is -2.23. The molecule has 0 aliphatic carbocycles. The molecule has 22 heavy (non-hydrogen) atoms. The van der Waals surface area contributed by atoms with E-state index in [1.165, 1.54) is 16.8 Å². The molecule has 0 unspecified atom stereocenters. The maximum absolute atomic E-state index is 5.80. The topological polar surface area (TPSA) is 45.4 Å². The summed E-state index contributed by atoms with van der Waals surface area (Å²) in [5.74, 6) is 1.06. The number of nitrogens with zero attached hydrogens (tertiary/aromatic N) is 3. The van der Waals surface area contributed by atoms with Crippen LogP contribution < -0.4 is 15.5 Å². The SMILES string of the molecule is Cc1cc(N)cnc1N1CCN(c2cccc(C)c2C)CC1. The first-order valence-corrected chi connectivity index (χ1v) is 7.84. The van der Waals surface area contributed by atoms with E-state index in [9.17, 15) is 0 Å². The van der Waals surface area contributed by atoms with Crippen molar-refractivity contribution in [2.75, 3.05) is 41.7 Å². The van der Waals surface area contributed by atoms with Crippen molar-refractivity contribution in [2.24, 2.45) is 0 Å². The van der Waals surface area contributed by atoms with Gasteiger partial charge in [0, 0.05) is 31.9 Å². The summed E-state index contributed by atoms with van der Waals surface area (Å²) >= 11 is 0. The summed E-state index contributed by atoms with van der Waals surface area (Å²) in [5.41, 5.74) is 11.8. The van der Waals surface area contributed by atoms with E-state index >= 15 is 0 Å². The van der Waals surface area contributed by atoms with Gasteiger partial charge in [0.05, 0.1) is 11.9 Å². The molecule has 4 nitrogen and oxygen atoms in total. The second-order valence-electron chi connectivity index (χ2n) is 6.10. The van der Waals surface area contributed by atoms with E-state index in [1.807, 2.05) is 6.07 Å². The second-order valence-corrected chi connectivity index (χ2v) is 6.10. The number of nitrogen functional groups attached to an aromatic ring is 1. The summed E-state index contributed by atoms with van der Waals surface area (Å²) < 4.78 is 0. The number of pyridine rings is 1. The second kappa shape index (κ2) is 5.87. The average Bonchev–Trinajstić information content (AvgIpc) is 2.50. The molecule has 0 bridgehead atoms. The third kappa shape index (κ3) is 2.73. The summed E-state index contributed by atoms with van der Waals surface area (Å²) in [7, 11) is 0. The third-order valence-electron chi connectivity index (χ3n) is 4.57. The lowest BCUT2D eigenvalue weighted by Gasteiger charge is -2.38. The van der Waals surface area contributed by atoms with Crippen molar-refractivity contribution in [3.63, 3.8) is 0 Å². The van der Waals surface area contributed by atoms with Crippen LogP contribution in [0.4, 0.5) is 17.2 Å². The summed E-state index contributed by atoms with van der Waals surface area (Å²) in [5, 5.41) is 0. The lowest BCUT2D eigenvalue weighted by Crippen LogP contribution is -2.47. The smallest absolute Gasteiger partial charge is 0.131 e. The fourth-order valence-corrected chi connectivity index (χ4v) is 3.16. The Kier molecular flexibility index (Phi) is 3.92. The summed E-state index contributed by atoms with van der Waals surface area (Å²) in [6.45, 7) is 10.5. The van der Waals surface area contributed by atoms with Gasteiger partial charge < -0.3 is 15.5 Å². The average molecular weight is 296 g/mol. The van der Waals surface area contributed by atoms with Crippen molar-refractivity contribution in [2.45, 2.75) is 20.8 Å². The molecule has 0 spiro atoms. The minimum atomic E-state index is 0.732. The summed E-state index contributed by atoms with van der Waals surface area (Å²) in [6.07, 6.45) is 1.75. The Balaban J connectivity index is 1.74. The first kappa shape index (κ1) is 14.7. The van der Waals surface area contributed by atoms with Crippen molar-refractivity contribution in [3.05, 3.63) is 47.2 Å². The monoisotopic (exact) mass is 296 g/mol. The molecule has 116 valence electrons. The van der Waals surface area contributed by atoms with Crippen LogP contribution >= 0.6 is 0 Å². The molecule has 1 saturated heterocycles. The fourth-order valence-electron chi connectivity index (χ4n) is 3.16. The van der Waals surface area contributed by atoms with Gasteiger partial charge >= 0.3 is 0 Å². The normalized spacial score (nSPS) is 15.2. The van der Waals surface area contributed by atoms with Gasteiger partial charge in [-0.2, -0.15) is 0 Å². The van der Waals surface area contributed by atoms with Crippen molar-refractivity contribution >= 4 is 17.2 Å². The molecule has 1 aliphatic heterocycles. The Labute approximate surface area is 132 Å². The first-order valence-electron chi connectivity index (χ1n) is 7.84. The maximum Gasteiger partial charge on any atom is 0.131 e. The van der Waals surface area contributed by atoms with Crippen LogP contribution in [0.5, 0.6) is 0 Å². The lowest BCUT2D eigenvalue weighted by molar-refractivity contribution is 0.645. The Morgan fingerprint density at radius 3 is 2.32 bits per heavy atom. The largest absolute Gasteiger partial charge is 0.397 e. The van der Waals surface area contributed by atoms with Gasteiger partial charge in [-0.3, -0.25) is 0 Å². The van der Waals surface area contributed by atoms with Crippen molar-refractivity contribution < 1.29 is 0 Å². The van der Waals surface area contributed by atoms with Gasteiger partial charge in [0.2, 0.25) is 0 Å². The Morgan fingerprint density at radius 1 is 0.955 bits per heavy atom. The van der Waals surface area contributed by atoms with Gasteiger partial charge in [0.25, 0.3) is 0 Å². The van der Waals surface area contributed by atoms with E-state index in [1.54, 1.807) is 6.20 Å². The molecule has 1 aliphatic rings. The van der Waals surface area contributed by atoms with Crippen LogP contribution in [0.1, 0.15) is 16.7 Å². The van der Waals surface area contributed by atoms with Crippen LogP contribution in [-0.2, 0) is 0 Å². The molecule has 2 aromatic rings. The van der Waals surface area contributed by atoms with Gasteiger partial charge in [-0.1, -0.05) is 12.1 Å². The van der Waals surface area contributed by atoms with Crippen LogP contribution in [-0.4, -0.2) is 31.2 Å². The Bertz CT molecular complexity index is 673. The van der Waals surface area contributed by atoms with E-state index in [2.05, 4.69) is 53.8 Å². The molecule has 0 radical (unpaired) electrons. The lowest BCUT2D eigenvalue weighted by atomic mass is 10.1. The number of anilines is 3. The molecule has 2 N–H and O–H groups in total. The first-order chi connectivity index (χ1) is 10.6. The predicted molar refractivity (Wildman–Crippen MR) is 93.7 cm³/mol. The van der Waals surface area contributed by atoms with E-state index in [0.717, 1.165) is 43.2 Å². The van der Waals surface area contributed by atoms with E-state index in [-0.39, 0.29) is 0 Å². The molecule has 1 aromatic carbocycles. The fraction of sp³-hybridized carbons (Fsp3) is 0.389. The van der Waals surface area contributed by atoms with Crippen molar-refractivity contribution in [1.82, 2.24) is 4.98 Å². The number of hydrogen-bond donors (Lipinski definition) is 1. The molecule has 0 amide bonds. The van der Waals surface area contributed by atoms with Crippen LogP contribution in [0, 0.1) is 20.8 Å². The van der Waals surface area contributed by atoms with Crippen LogP contribution in [0.25, 0.3) is 0 Å². The molecule has 1 aromatic heterocycles. The van der Waals surface area contributed by atoms with Crippen molar-refractivity contribution in [3.8, 4) is 0 Å². The maximum atomic E-state index is 5.80. The van der Waals surface area contributed by atoms with Crippen molar-refractivity contribution in [1.29, 1.82) is 0 Å². The quantitative estimate of drug-likeness (QED) is 0.925. The minimum Gasteiger partial charge on any atom is -0.397 e. The number of rotatable bonds is 2. The van der Waals surface area contributed by atoms with E-state index < -0.39 is 0 Å². The highest BCUT2D eigenvalue weighted by Gasteiger charge is 2.20. The molecule has 0 saturated carbocycles. The zero-order chi connectivity index (χ0) is 15.7. The highest BCUT2D eigenvalue weighted by atomic mass is 15.3. The van der Waals surface area contributed by atoms with E-state index in [0.29, 0.717) is 0 Å². The Morgan fingerprint density at radius 2 is 1.64 bits per heavy atom. The van der Waals surface area contributed by atoms with Gasteiger partial charge in [-0.15, -0.1) is 0 Å².